The second-order valence-corrected chi connectivity index (χ2v) is 5.24. The summed E-state index contributed by atoms with van der Waals surface area (Å²) in [5.74, 6) is 0. The molecule has 0 amide bonds. The van der Waals surface area contributed by atoms with E-state index in [2.05, 4.69) is 4.98 Å². The van der Waals surface area contributed by atoms with Crippen LogP contribution in [0.15, 0.2) is 52.5 Å². The topological polar surface area (TPSA) is 38.9 Å². The third kappa shape index (κ3) is 3.22. The summed E-state index contributed by atoms with van der Waals surface area (Å²) in [6.45, 7) is 1.96. The largest absolute Gasteiger partial charge is 0.324 e. The zero-order valence-corrected chi connectivity index (χ0v) is 11.0. The molecule has 0 unspecified atom stereocenters. The minimum absolute atomic E-state index is 0.0153. The van der Waals surface area contributed by atoms with Crippen LogP contribution in [0.25, 0.3) is 0 Å². The van der Waals surface area contributed by atoms with Gasteiger partial charge in [-0.25, -0.2) is 4.98 Å². The standard InChI is InChI=1S/C13H13ClN2S/c1-9(15)12-3-2-8-16-13(12)17-11-6-4-10(14)5-7-11/h2-9H,15H2,1H3/t9-/m0/s1. The lowest BCUT2D eigenvalue weighted by Crippen LogP contribution is -2.06. The fraction of sp³-hybridized carbons (Fsp3) is 0.154. The predicted molar refractivity (Wildman–Crippen MR) is 72.4 cm³/mol. The molecule has 2 aromatic rings. The predicted octanol–water partition coefficient (Wildman–Crippen LogP) is 3.91. The van der Waals surface area contributed by atoms with Crippen LogP contribution in [-0.4, -0.2) is 4.98 Å². The summed E-state index contributed by atoms with van der Waals surface area (Å²) in [5.41, 5.74) is 6.98. The highest BCUT2D eigenvalue weighted by atomic mass is 35.5. The first kappa shape index (κ1) is 12.4. The van der Waals surface area contributed by atoms with E-state index < -0.39 is 0 Å². The third-order valence-electron chi connectivity index (χ3n) is 2.32. The van der Waals surface area contributed by atoms with Crippen molar-refractivity contribution < 1.29 is 0 Å². The second-order valence-electron chi connectivity index (χ2n) is 3.74. The van der Waals surface area contributed by atoms with Crippen LogP contribution in [0, 0.1) is 0 Å². The highest BCUT2D eigenvalue weighted by molar-refractivity contribution is 7.99. The van der Waals surface area contributed by atoms with E-state index in [-0.39, 0.29) is 6.04 Å². The van der Waals surface area contributed by atoms with Crippen molar-refractivity contribution in [3.8, 4) is 0 Å². The summed E-state index contributed by atoms with van der Waals surface area (Å²) in [4.78, 5) is 5.47. The van der Waals surface area contributed by atoms with Crippen molar-refractivity contribution in [3.05, 3.63) is 53.2 Å². The normalized spacial score (nSPS) is 12.4. The molecular formula is C13H13ClN2S. The minimum atomic E-state index is -0.0153. The number of nitrogens with zero attached hydrogens (tertiary/aromatic N) is 1. The molecule has 0 saturated carbocycles. The van der Waals surface area contributed by atoms with Gasteiger partial charge in [-0.05, 0) is 37.3 Å². The van der Waals surface area contributed by atoms with E-state index in [1.165, 1.54) is 0 Å². The van der Waals surface area contributed by atoms with Crippen LogP contribution in [0.1, 0.15) is 18.5 Å². The van der Waals surface area contributed by atoms with E-state index in [1.807, 2.05) is 43.3 Å². The van der Waals surface area contributed by atoms with E-state index >= 15 is 0 Å². The highest BCUT2D eigenvalue weighted by Crippen LogP contribution is 2.31. The fourth-order valence-corrected chi connectivity index (χ4v) is 2.56. The van der Waals surface area contributed by atoms with Crippen LogP contribution in [0.2, 0.25) is 5.02 Å². The first-order valence-corrected chi connectivity index (χ1v) is 6.50. The fourth-order valence-electron chi connectivity index (χ4n) is 1.45. The van der Waals surface area contributed by atoms with Crippen LogP contribution in [-0.2, 0) is 0 Å². The van der Waals surface area contributed by atoms with Crippen LogP contribution in [0.3, 0.4) is 0 Å². The van der Waals surface area contributed by atoms with Crippen LogP contribution in [0.5, 0.6) is 0 Å². The molecular weight excluding hydrogens is 252 g/mol. The number of nitrogens with two attached hydrogens (primary N) is 1. The first-order chi connectivity index (χ1) is 8.16. The Morgan fingerprint density at radius 2 is 1.94 bits per heavy atom. The lowest BCUT2D eigenvalue weighted by atomic mass is 10.2. The van der Waals surface area contributed by atoms with Gasteiger partial charge in [-0.2, -0.15) is 0 Å². The summed E-state index contributed by atoms with van der Waals surface area (Å²) in [7, 11) is 0. The highest BCUT2D eigenvalue weighted by Gasteiger charge is 2.08. The maximum absolute atomic E-state index is 5.92. The van der Waals surface area contributed by atoms with Crippen LogP contribution >= 0.6 is 23.4 Å². The molecule has 0 aliphatic carbocycles. The zero-order valence-electron chi connectivity index (χ0n) is 9.43. The Morgan fingerprint density at radius 1 is 1.24 bits per heavy atom. The van der Waals surface area contributed by atoms with Crippen molar-refractivity contribution in [1.29, 1.82) is 0 Å². The van der Waals surface area contributed by atoms with Crippen molar-refractivity contribution in [3.63, 3.8) is 0 Å². The molecule has 1 aromatic carbocycles. The van der Waals surface area contributed by atoms with E-state index in [1.54, 1.807) is 18.0 Å². The van der Waals surface area contributed by atoms with E-state index in [9.17, 15) is 0 Å². The molecule has 2 rings (SSSR count). The Morgan fingerprint density at radius 3 is 2.59 bits per heavy atom. The molecule has 0 spiro atoms. The number of pyridine rings is 1. The number of hydrogen-bond acceptors (Lipinski definition) is 3. The molecule has 0 fully saturated rings. The van der Waals surface area contributed by atoms with Gasteiger partial charge >= 0.3 is 0 Å². The molecule has 0 aliphatic heterocycles. The summed E-state index contributed by atoms with van der Waals surface area (Å²) >= 11 is 7.45. The maximum atomic E-state index is 5.92. The van der Waals surface area contributed by atoms with Crippen molar-refractivity contribution in [2.45, 2.75) is 22.9 Å². The van der Waals surface area contributed by atoms with Gasteiger partial charge in [0.25, 0.3) is 0 Å². The van der Waals surface area contributed by atoms with Gasteiger partial charge in [0, 0.05) is 27.7 Å². The molecule has 4 heteroatoms. The van der Waals surface area contributed by atoms with Crippen LogP contribution < -0.4 is 5.73 Å². The molecule has 17 heavy (non-hydrogen) atoms. The minimum Gasteiger partial charge on any atom is -0.324 e. The number of benzene rings is 1. The Labute approximate surface area is 110 Å². The molecule has 0 radical (unpaired) electrons. The Kier molecular flexibility index (Phi) is 4.05. The summed E-state index contributed by atoms with van der Waals surface area (Å²) in [5, 5.41) is 1.69. The van der Waals surface area contributed by atoms with Gasteiger partial charge in [0.05, 0.1) is 0 Å². The molecule has 1 atom stereocenters. The Balaban J connectivity index is 2.26. The van der Waals surface area contributed by atoms with E-state index in [4.69, 9.17) is 17.3 Å². The van der Waals surface area contributed by atoms with Gasteiger partial charge in [0.1, 0.15) is 5.03 Å². The molecule has 2 nitrogen and oxygen atoms in total. The molecule has 0 aliphatic rings. The van der Waals surface area contributed by atoms with E-state index in [0.29, 0.717) is 0 Å². The summed E-state index contributed by atoms with van der Waals surface area (Å²) < 4.78 is 0. The Hall–Kier alpha value is -1.03. The van der Waals surface area contributed by atoms with Gasteiger partial charge in [0.15, 0.2) is 0 Å². The molecule has 1 heterocycles. The smallest absolute Gasteiger partial charge is 0.105 e. The Bertz CT molecular complexity index is 497. The van der Waals surface area contributed by atoms with Gasteiger partial charge in [0.2, 0.25) is 0 Å². The van der Waals surface area contributed by atoms with E-state index in [0.717, 1.165) is 20.5 Å². The lowest BCUT2D eigenvalue weighted by molar-refractivity contribution is 0.779. The number of aromatic nitrogens is 1. The third-order valence-corrected chi connectivity index (χ3v) is 3.61. The van der Waals surface area contributed by atoms with Crippen LogP contribution in [0.4, 0.5) is 0 Å². The molecule has 88 valence electrons. The van der Waals surface area contributed by atoms with Gasteiger partial charge < -0.3 is 5.73 Å². The molecule has 0 saturated heterocycles. The number of hydrogen-bond donors (Lipinski definition) is 1. The van der Waals surface area contributed by atoms with Crippen molar-refractivity contribution in [1.82, 2.24) is 4.98 Å². The zero-order chi connectivity index (χ0) is 12.3. The SMILES string of the molecule is C[C@H](N)c1cccnc1Sc1ccc(Cl)cc1. The molecule has 0 bridgehead atoms. The van der Waals surface area contributed by atoms with Crippen molar-refractivity contribution in [2.75, 3.05) is 0 Å². The average molecular weight is 265 g/mol. The quantitative estimate of drug-likeness (QED) is 0.914. The lowest BCUT2D eigenvalue weighted by Gasteiger charge is -2.10. The van der Waals surface area contributed by atoms with Gasteiger partial charge in [-0.3, -0.25) is 0 Å². The maximum Gasteiger partial charge on any atom is 0.105 e. The first-order valence-electron chi connectivity index (χ1n) is 5.31. The van der Waals surface area contributed by atoms with Crippen molar-refractivity contribution >= 4 is 23.4 Å². The van der Waals surface area contributed by atoms with Gasteiger partial charge in [-0.1, -0.05) is 29.4 Å². The number of rotatable bonds is 3. The monoisotopic (exact) mass is 264 g/mol. The van der Waals surface area contributed by atoms with Gasteiger partial charge in [-0.15, -0.1) is 0 Å². The summed E-state index contributed by atoms with van der Waals surface area (Å²) in [6, 6.07) is 11.6. The van der Waals surface area contributed by atoms with Crippen molar-refractivity contribution in [2.24, 2.45) is 5.73 Å². The molecule has 1 aromatic heterocycles. The average Bonchev–Trinajstić information content (AvgIpc) is 2.32. The summed E-state index contributed by atoms with van der Waals surface area (Å²) in [6.07, 6.45) is 1.78. The molecule has 2 N–H and O–H groups in total. The second kappa shape index (κ2) is 5.54. The number of halogens is 1.